The van der Waals surface area contributed by atoms with Gasteiger partial charge in [-0.25, -0.2) is 8.42 Å². The van der Waals surface area contributed by atoms with E-state index in [2.05, 4.69) is 0 Å². The lowest BCUT2D eigenvalue weighted by Gasteiger charge is -2.17. The molecule has 6 heteroatoms. The first kappa shape index (κ1) is 13.5. The van der Waals surface area contributed by atoms with Crippen molar-refractivity contribution in [2.45, 2.75) is 31.9 Å². The third-order valence-corrected chi connectivity index (χ3v) is 6.33. The van der Waals surface area contributed by atoms with Crippen molar-refractivity contribution in [3.05, 3.63) is 10.4 Å². The SMILES string of the molecule is CCN(CC)S(=O)(=O)c1sc(C)c(C)c1O. The molecule has 0 aliphatic carbocycles. The van der Waals surface area contributed by atoms with E-state index in [1.165, 1.54) is 4.31 Å². The van der Waals surface area contributed by atoms with Crippen LogP contribution >= 0.6 is 11.3 Å². The van der Waals surface area contributed by atoms with Crippen LogP contribution in [0.3, 0.4) is 0 Å². The summed E-state index contributed by atoms with van der Waals surface area (Å²) in [7, 11) is -3.53. The van der Waals surface area contributed by atoms with E-state index in [0.717, 1.165) is 16.2 Å². The minimum Gasteiger partial charge on any atom is -0.505 e. The van der Waals surface area contributed by atoms with Gasteiger partial charge in [-0.1, -0.05) is 13.8 Å². The summed E-state index contributed by atoms with van der Waals surface area (Å²) in [5, 5.41) is 9.80. The largest absolute Gasteiger partial charge is 0.505 e. The Morgan fingerprint density at radius 2 is 1.75 bits per heavy atom. The highest BCUT2D eigenvalue weighted by molar-refractivity contribution is 7.91. The summed E-state index contributed by atoms with van der Waals surface area (Å²) in [6.45, 7) is 7.92. The summed E-state index contributed by atoms with van der Waals surface area (Å²) in [6, 6.07) is 0. The fraction of sp³-hybridized carbons (Fsp3) is 0.600. The highest BCUT2D eigenvalue weighted by atomic mass is 32.2. The maximum absolute atomic E-state index is 12.2. The van der Waals surface area contributed by atoms with E-state index in [0.29, 0.717) is 18.7 Å². The van der Waals surface area contributed by atoms with Gasteiger partial charge < -0.3 is 5.11 Å². The molecule has 0 amide bonds. The summed E-state index contributed by atoms with van der Waals surface area (Å²) in [5.74, 6) is -0.102. The van der Waals surface area contributed by atoms with Crippen LogP contribution in [0.25, 0.3) is 0 Å². The summed E-state index contributed by atoms with van der Waals surface area (Å²) < 4.78 is 25.7. The van der Waals surface area contributed by atoms with Gasteiger partial charge in [-0.05, 0) is 13.8 Å². The quantitative estimate of drug-likeness (QED) is 0.905. The van der Waals surface area contributed by atoms with Crippen molar-refractivity contribution in [2.24, 2.45) is 0 Å². The first-order valence-corrected chi connectivity index (χ1v) is 7.41. The predicted octanol–water partition coefficient (Wildman–Crippen LogP) is 2.10. The molecule has 0 bridgehead atoms. The fourth-order valence-corrected chi connectivity index (χ4v) is 4.64. The van der Waals surface area contributed by atoms with Gasteiger partial charge in [0.05, 0.1) is 0 Å². The van der Waals surface area contributed by atoms with E-state index in [4.69, 9.17) is 0 Å². The van der Waals surface area contributed by atoms with Crippen LogP contribution in [0, 0.1) is 13.8 Å². The van der Waals surface area contributed by atoms with Crippen LogP contribution in [-0.4, -0.2) is 30.9 Å². The van der Waals surface area contributed by atoms with E-state index in [1.807, 2.05) is 0 Å². The van der Waals surface area contributed by atoms with Gasteiger partial charge in [0, 0.05) is 23.5 Å². The Labute approximate surface area is 101 Å². The van der Waals surface area contributed by atoms with E-state index in [-0.39, 0.29) is 9.96 Å². The minimum atomic E-state index is -3.53. The Balaban J connectivity index is 3.33. The lowest BCUT2D eigenvalue weighted by molar-refractivity contribution is 0.432. The van der Waals surface area contributed by atoms with Crippen molar-refractivity contribution in [3.8, 4) is 5.75 Å². The number of rotatable bonds is 4. The molecular weight excluding hydrogens is 246 g/mol. The van der Waals surface area contributed by atoms with Crippen molar-refractivity contribution >= 4 is 21.4 Å². The third-order valence-electron chi connectivity index (χ3n) is 2.60. The van der Waals surface area contributed by atoms with Gasteiger partial charge in [0.2, 0.25) is 0 Å². The number of thiophene rings is 1. The van der Waals surface area contributed by atoms with Crippen molar-refractivity contribution < 1.29 is 13.5 Å². The molecule has 4 nitrogen and oxygen atoms in total. The van der Waals surface area contributed by atoms with E-state index < -0.39 is 10.0 Å². The van der Waals surface area contributed by atoms with Crippen LogP contribution in [-0.2, 0) is 10.0 Å². The maximum Gasteiger partial charge on any atom is 0.256 e. The number of hydrogen-bond donors (Lipinski definition) is 1. The molecule has 0 spiro atoms. The molecule has 92 valence electrons. The second-order valence-corrected chi connectivity index (χ2v) is 6.87. The second-order valence-electron chi connectivity index (χ2n) is 3.51. The highest BCUT2D eigenvalue weighted by Crippen LogP contribution is 2.38. The molecule has 1 heterocycles. The Bertz CT molecular complexity index is 472. The van der Waals surface area contributed by atoms with Crippen molar-refractivity contribution in [2.75, 3.05) is 13.1 Å². The highest BCUT2D eigenvalue weighted by Gasteiger charge is 2.28. The van der Waals surface area contributed by atoms with Crippen molar-refractivity contribution in [1.29, 1.82) is 0 Å². The average Bonchev–Trinajstić information content (AvgIpc) is 2.48. The molecule has 0 saturated carbocycles. The van der Waals surface area contributed by atoms with Crippen LogP contribution in [0.4, 0.5) is 0 Å². The lowest BCUT2D eigenvalue weighted by atomic mass is 10.3. The summed E-state index contributed by atoms with van der Waals surface area (Å²) in [5.41, 5.74) is 0.649. The van der Waals surface area contributed by atoms with E-state index in [1.54, 1.807) is 27.7 Å². The summed E-state index contributed by atoms with van der Waals surface area (Å²) >= 11 is 1.13. The molecule has 1 aromatic rings. The zero-order chi connectivity index (χ0) is 12.5. The number of hydrogen-bond acceptors (Lipinski definition) is 4. The van der Waals surface area contributed by atoms with Gasteiger partial charge in [-0.3, -0.25) is 0 Å². The van der Waals surface area contributed by atoms with Gasteiger partial charge in [0.25, 0.3) is 10.0 Å². The Kier molecular flexibility index (Phi) is 3.98. The zero-order valence-electron chi connectivity index (χ0n) is 9.94. The normalized spacial score (nSPS) is 12.3. The second kappa shape index (κ2) is 4.73. The fourth-order valence-electron chi connectivity index (χ4n) is 1.44. The molecule has 1 aromatic heterocycles. The molecule has 0 saturated heterocycles. The first-order chi connectivity index (χ1) is 7.36. The Morgan fingerprint density at radius 1 is 1.25 bits per heavy atom. The van der Waals surface area contributed by atoms with Crippen molar-refractivity contribution in [1.82, 2.24) is 4.31 Å². The molecule has 1 N–H and O–H groups in total. The van der Waals surface area contributed by atoms with E-state index >= 15 is 0 Å². The van der Waals surface area contributed by atoms with Gasteiger partial charge in [0.15, 0.2) is 4.21 Å². The molecule has 0 radical (unpaired) electrons. The number of sulfonamides is 1. The van der Waals surface area contributed by atoms with Crippen molar-refractivity contribution in [3.63, 3.8) is 0 Å². The molecule has 0 fully saturated rings. The summed E-state index contributed by atoms with van der Waals surface area (Å²) in [6.07, 6.45) is 0. The molecule has 0 atom stereocenters. The molecule has 0 aliphatic rings. The van der Waals surface area contributed by atoms with E-state index in [9.17, 15) is 13.5 Å². The molecule has 16 heavy (non-hydrogen) atoms. The number of aryl methyl sites for hydroxylation is 1. The van der Waals surface area contributed by atoms with Gasteiger partial charge in [0.1, 0.15) is 5.75 Å². The Hall–Kier alpha value is -0.590. The minimum absolute atomic E-state index is 0.0613. The zero-order valence-corrected chi connectivity index (χ0v) is 11.6. The predicted molar refractivity (Wildman–Crippen MR) is 65.6 cm³/mol. The monoisotopic (exact) mass is 263 g/mol. The number of nitrogens with zero attached hydrogens (tertiary/aromatic N) is 1. The third kappa shape index (κ3) is 2.09. The van der Waals surface area contributed by atoms with Crippen LogP contribution in [0.5, 0.6) is 5.75 Å². The molecule has 0 unspecified atom stereocenters. The molecular formula is C10H17NO3S2. The van der Waals surface area contributed by atoms with Gasteiger partial charge >= 0.3 is 0 Å². The average molecular weight is 263 g/mol. The van der Waals surface area contributed by atoms with Gasteiger partial charge in [-0.2, -0.15) is 4.31 Å². The van der Waals surface area contributed by atoms with Gasteiger partial charge in [-0.15, -0.1) is 11.3 Å². The molecule has 1 rings (SSSR count). The molecule has 0 aromatic carbocycles. The summed E-state index contributed by atoms with van der Waals surface area (Å²) in [4.78, 5) is 0.836. The van der Waals surface area contributed by atoms with Crippen LogP contribution < -0.4 is 0 Å². The standard InChI is InChI=1S/C10H17NO3S2/c1-5-11(6-2)16(13,14)10-9(12)7(3)8(4)15-10/h12H,5-6H2,1-4H3. The van der Waals surface area contributed by atoms with Crippen LogP contribution in [0.15, 0.2) is 4.21 Å². The maximum atomic E-state index is 12.2. The van der Waals surface area contributed by atoms with Crippen LogP contribution in [0.1, 0.15) is 24.3 Å². The number of aromatic hydroxyl groups is 1. The topological polar surface area (TPSA) is 57.6 Å². The first-order valence-electron chi connectivity index (χ1n) is 5.15. The molecule has 0 aliphatic heterocycles. The smallest absolute Gasteiger partial charge is 0.256 e. The Morgan fingerprint density at radius 3 is 2.06 bits per heavy atom. The lowest BCUT2D eigenvalue weighted by Crippen LogP contribution is -2.30. The van der Waals surface area contributed by atoms with Crippen LogP contribution in [0.2, 0.25) is 0 Å².